The second-order valence-corrected chi connectivity index (χ2v) is 6.23. The molecular formula is C16H24FN3O2. The van der Waals surface area contributed by atoms with Gasteiger partial charge in [0.05, 0.1) is 25.6 Å². The van der Waals surface area contributed by atoms with Crippen LogP contribution in [0.25, 0.3) is 0 Å². The van der Waals surface area contributed by atoms with Crippen LogP contribution < -0.4 is 4.90 Å². The van der Waals surface area contributed by atoms with Gasteiger partial charge in [0, 0.05) is 32.2 Å². The van der Waals surface area contributed by atoms with Gasteiger partial charge in [0.15, 0.2) is 5.82 Å². The number of piperidine rings is 1. The molecule has 2 fully saturated rings. The fraction of sp³-hybridized carbons (Fsp3) is 0.750. The first-order chi connectivity index (χ1) is 10.7. The molecule has 3 rings (SSSR count). The molecule has 0 saturated carbocycles. The molecule has 1 spiro atoms. The fourth-order valence-corrected chi connectivity index (χ4v) is 3.65. The second kappa shape index (κ2) is 6.87. The minimum absolute atomic E-state index is 0.309. The monoisotopic (exact) mass is 309 g/mol. The third kappa shape index (κ3) is 3.22. The number of rotatable bonds is 4. The Bertz CT molecular complexity index is 475. The van der Waals surface area contributed by atoms with E-state index >= 15 is 0 Å². The lowest BCUT2D eigenvalue weighted by atomic mass is 9.66. The molecule has 1 atom stereocenters. The molecular weight excluding hydrogens is 285 g/mol. The molecule has 0 aromatic carbocycles. The topological polar surface area (TPSA) is 47.5 Å². The number of ether oxygens (including phenoxy) is 2. The molecule has 1 aromatic rings. The normalized spacial score (nSPS) is 24.6. The minimum Gasteiger partial charge on any atom is -0.381 e. The Kier molecular flexibility index (Phi) is 4.88. The predicted octanol–water partition coefficient (Wildman–Crippen LogP) is 2.28. The van der Waals surface area contributed by atoms with Crippen molar-refractivity contribution in [2.45, 2.75) is 26.2 Å². The number of anilines is 1. The summed E-state index contributed by atoms with van der Waals surface area (Å²) < 4.78 is 24.3. The highest BCUT2D eigenvalue weighted by Gasteiger charge is 2.43. The van der Waals surface area contributed by atoms with Crippen LogP contribution in [-0.2, 0) is 9.47 Å². The summed E-state index contributed by atoms with van der Waals surface area (Å²) in [5.74, 6) is 0.709. The van der Waals surface area contributed by atoms with Gasteiger partial charge in [-0.2, -0.15) is 0 Å². The minimum atomic E-state index is -0.390. The lowest BCUT2D eigenvalue weighted by molar-refractivity contribution is -0.0849. The molecule has 0 bridgehead atoms. The third-order valence-corrected chi connectivity index (χ3v) is 5.10. The van der Waals surface area contributed by atoms with Gasteiger partial charge in [0.1, 0.15) is 0 Å². The summed E-state index contributed by atoms with van der Waals surface area (Å²) in [5.41, 5.74) is 0.309. The molecule has 2 aliphatic rings. The number of hydrogen-bond donors (Lipinski definition) is 0. The summed E-state index contributed by atoms with van der Waals surface area (Å²) in [7, 11) is 0. The maximum Gasteiger partial charge on any atom is 0.225 e. The van der Waals surface area contributed by atoms with E-state index in [4.69, 9.17) is 9.47 Å². The third-order valence-electron chi connectivity index (χ3n) is 5.10. The average Bonchev–Trinajstić information content (AvgIpc) is 2.56. The largest absolute Gasteiger partial charge is 0.381 e. The zero-order chi connectivity index (χ0) is 15.4. The van der Waals surface area contributed by atoms with Gasteiger partial charge < -0.3 is 14.4 Å². The van der Waals surface area contributed by atoms with E-state index in [0.717, 1.165) is 58.8 Å². The van der Waals surface area contributed by atoms with E-state index in [0.29, 0.717) is 17.3 Å². The molecule has 22 heavy (non-hydrogen) atoms. The summed E-state index contributed by atoms with van der Waals surface area (Å²) >= 11 is 0. The highest BCUT2D eigenvalue weighted by atomic mass is 19.1. The van der Waals surface area contributed by atoms with Crippen molar-refractivity contribution in [3.05, 3.63) is 18.2 Å². The quantitative estimate of drug-likeness (QED) is 0.854. The van der Waals surface area contributed by atoms with Crippen molar-refractivity contribution in [3.8, 4) is 0 Å². The molecule has 122 valence electrons. The van der Waals surface area contributed by atoms with Gasteiger partial charge in [0.2, 0.25) is 5.95 Å². The van der Waals surface area contributed by atoms with Gasteiger partial charge in [-0.15, -0.1) is 0 Å². The molecule has 6 heteroatoms. The summed E-state index contributed by atoms with van der Waals surface area (Å²) in [4.78, 5) is 10.3. The van der Waals surface area contributed by atoms with E-state index in [-0.39, 0.29) is 0 Å². The lowest BCUT2D eigenvalue weighted by Gasteiger charge is -2.49. The van der Waals surface area contributed by atoms with Crippen molar-refractivity contribution in [1.29, 1.82) is 0 Å². The number of halogens is 1. The number of hydrogen-bond acceptors (Lipinski definition) is 5. The first-order valence-corrected chi connectivity index (χ1v) is 8.11. The van der Waals surface area contributed by atoms with Crippen LogP contribution in [0.5, 0.6) is 0 Å². The zero-order valence-electron chi connectivity index (χ0n) is 13.1. The molecule has 0 N–H and O–H groups in total. The summed E-state index contributed by atoms with van der Waals surface area (Å²) in [6, 6.07) is 0. The van der Waals surface area contributed by atoms with Crippen molar-refractivity contribution >= 4 is 5.95 Å². The Morgan fingerprint density at radius 2 is 2.05 bits per heavy atom. The molecule has 1 aromatic heterocycles. The van der Waals surface area contributed by atoms with Crippen LogP contribution in [0.4, 0.5) is 10.3 Å². The molecule has 0 aliphatic carbocycles. The van der Waals surface area contributed by atoms with E-state index in [2.05, 4.69) is 14.9 Å². The van der Waals surface area contributed by atoms with Gasteiger partial charge in [0.25, 0.3) is 0 Å². The van der Waals surface area contributed by atoms with Crippen LogP contribution in [0.1, 0.15) is 26.2 Å². The van der Waals surface area contributed by atoms with E-state index in [1.807, 2.05) is 6.92 Å². The van der Waals surface area contributed by atoms with Gasteiger partial charge in [-0.25, -0.2) is 14.4 Å². The fourth-order valence-electron chi connectivity index (χ4n) is 3.65. The van der Waals surface area contributed by atoms with Crippen LogP contribution in [0.3, 0.4) is 0 Å². The first kappa shape index (κ1) is 15.6. The van der Waals surface area contributed by atoms with Crippen LogP contribution in [0.2, 0.25) is 0 Å². The zero-order valence-corrected chi connectivity index (χ0v) is 13.1. The van der Waals surface area contributed by atoms with Crippen molar-refractivity contribution < 1.29 is 13.9 Å². The summed E-state index contributed by atoms with van der Waals surface area (Å²) in [5, 5.41) is 0. The average molecular weight is 309 g/mol. The van der Waals surface area contributed by atoms with Gasteiger partial charge in [-0.05, 0) is 31.6 Å². The van der Waals surface area contributed by atoms with Crippen molar-refractivity contribution in [3.63, 3.8) is 0 Å². The van der Waals surface area contributed by atoms with E-state index in [9.17, 15) is 4.39 Å². The van der Waals surface area contributed by atoms with Crippen LogP contribution in [-0.4, -0.2) is 49.5 Å². The van der Waals surface area contributed by atoms with E-state index in [1.54, 1.807) is 0 Å². The predicted molar refractivity (Wildman–Crippen MR) is 81.3 cm³/mol. The Morgan fingerprint density at radius 3 is 2.73 bits per heavy atom. The molecule has 3 heterocycles. The summed E-state index contributed by atoms with van der Waals surface area (Å²) in [6.07, 6.45) is 5.75. The second-order valence-electron chi connectivity index (χ2n) is 6.23. The Balaban J connectivity index is 1.64. The Hall–Kier alpha value is -1.27. The Labute approximate surface area is 130 Å². The van der Waals surface area contributed by atoms with Gasteiger partial charge >= 0.3 is 0 Å². The number of aromatic nitrogens is 2. The van der Waals surface area contributed by atoms with Crippen LogP contribution in [0.15, 0.2) is 12.4 Å². The molecule has 0 unspecified atom stereocenters. The van der Waals surface area contributed by atoms with E-state index < -0.39 is 5.82 Å². The summed E-state index contributed by atoms with van der Waals surface area (Å²) in [6.45, 7) is 7.03. The number of nitrogens with zero attached hydrogens (tertiary/aromatic N) is 3. The molecule has 2 aliphatic heterocycles. The molecule has 0 amide bonds. The SMILES string of the molecule is CCOC[C@H]1COCCC12CCN(c1ncc(F)cn1)CC2. The standard InChI is InChI=1S/C16H24FN3O2/c1-2-21-11-13-12-22-8-5-16(13)3-6-20(7-4-16)15-18-9-14(17)10-19-15/h9-10,13H,2-8,11-12H2,1H3/t13-/m0/s1. The molecule has 2 saturated heterocycles. The van der Waals surface area contributed by atoms with Crippen LogP contribution >= 0.6 is 0 Å². The maximum absolute atomic E-state index is 12.9. The van der Waals surface area contributed by atoms with Gasteiger partial charge in [-0.3, -0.25) is 0 Å². The van der Waals surface area contributed by atoms with Crippen LogP contribution in [0, 0.1) is 17.2 Å². The lowest BCUT2D eigenvalue weighted by Crippen LogP contribution is -2.49. The Morgan fingerprint density at radius 1 is 1.32 bits per heavy atom. The highest BCUT2D eigenvalue weighted by molar-refractivity contribution is 5.29. The van der Waals surface area contributed by atoms with E-state index in [1.165, 1.54) is 12.4 Å². The van der Waals surface area contributed by atoms with Gasteiger partial charge in [-0.1, -0.05) is 0 Å². The van der Waals surface area contributed by atoms with Crippen molar-refractivity contribution in [1.82, 2.24) is 9.97 Å². The smallest absolute Gasteiger partial charge is 0.225 e. The van der Waals surface area contributed by atoms with Crippen molar-refractivity contribution in [2.24, 2.45) is 11.3 Å². The first-order valence-electron chi connectivity index (χ1n) is 8.11. The highest BCUT2D eigenvalue weighted by Crippen LogP contribution is 2.45. The molecule has 5 nitrogen and oxygen atoms in total. The molecule has 0 radical (unpaired) electrons. The maximum atomic E-state index is 12.9. The van der Waals surface area contributed by atoms with Crippen molar-refractivity contribution in [2.75, 3.05) is 44.4 Å².